The Hall–Kier alpha value is -3.27. The summed E-state index contributed by atoms with van der Waals surface area (Å²) in [7, 11) is 0. The average molecular weight is 298 g/mol. The Balaban J connectivity index is 2.09. The number of nitrogens with zero attached hydrogens (tertiary/aromatic N) is 4. The van der Waals surface area contributed by atoms with Crippen molar-refractivity contribution in [1.29, 1.82) is 0 Å². The molecule has 0 aliphatic heterocycles. The lowest BCUT2D eigenvalue weighted by Crippen LogP contribution is -1.99. The highest BCUT2D eigenvalue weighted by Crippen LogP contribution is 2.20. The smallest absolute Gasteiger partial charge is 0.148 e. The van der Waals surface area contributed by atoms with Crippen LogP contribution in [0.2, 0.25) is 0 Å². The zero-order valence-electron chi connectivity index (χ0n) is 12.4. The molecular weight excluding hydrogens is 284 g/mol. The summed E-state index contributed by atoms with van der Waals surface area (Å²) in [5, 5.41) is 0. The molecule has 0 spiro atoms. The van der Waals surface area contributed by atoms with Gasteiger partial charge in [0.25, 0.3) is 0 Å². The fourth-order valence-electron chi connectivity index (χ4n) is 3.12. The van der Waals surface area contributed by atoms with Crippen LogP contribution in [-0.2, 0) is 0 Å². The zero-order chi connectivity index (χ0) is 15.2. The highest BCUT2D eigenvalue weighted by Gasteiger charge is 2.08. The van der Waals surface area contributed by atoms with Crippen LogP contribution < -0.4 is 0 Å². The molecule has 0 atom stereocenters. The van der Waals surface area contributed by atoms with Crippen LogP contribution in [0.4, 0.5) is 0 Å². The molecule has 0 unspecified atom stereocenters. The van der Waals surface area contributed by atoms with Crippen LogP contribution in [0.5, 0.6) is 0 Å². The Morgan fingerprint density at radius 2 is 1.22 bits per heavy atom. The largest absolute Gasteiger partial charge is 0.288 e. The summed E-state index contributed by atoms with van der Waals surface area (Å²) in [6.45, 7) is 0. The summed E-state index contributed by atoms with van der Waals surface area (Å²) in [6, 6.07) is 22.7. The lowest BCUT2D eigenvalue weighted by atomic mass is 10.2. The molecule has 4 nitrogen and oxygen atoms in total. The lowest BCUT2D eigenvalue weighted by molar-refractivity contribution is 1.03. The zero-order valence-corrected chi connectivity index (χ0v) is 12.4. The van der Waals surface area contributed by atoms with Gasteiger partial charge in [-0.15, -0.1) is 0 Å². The van der Waals surface area contributed by atoms with E-state index in [-0.39, 0.29) is 0 Å². The summed E-state index contributed by atoms with van der Waals surface area (Å²) in [6.07, 6.45) is 6.19. The van der Waals surface area contributed by atoms with Gasteiger partial charge in [-0.1, -0.05) is 30.3 Å². The second kappa shape index (κ2) is 4.61. The molecule has 4 heterocycles. The van der Waals surface area contributed by atoms with Crippen LogP contribution in [0, 0.1) is 0 Å². The van der Waals surface area contributed by atoms with Crippen molar-refractivity contribution in [3.63, 3.8) is 0 Å². The van der Waals surface area contributed by atoms with E-state index in [1.54, 1.807) is 0 Å². The summed E-state index contributed by atoms with van der Waals surface area (Å²) >= 11 is 0. The molecule has 0 fully saturated rings. The molecule has 23 heavy (non-hydrogen) atoms. The maximum absolute atomic E-state index is 4.95. The van der Waals surface area contributed by atoms with Crippen molar-refractivity contribution in [2.45, 2.75) is 0 Å². The van der Waals surface area contributed by atoms with E-state index in [0.717, 1.165) is 28.3 Å². The van der Waals surface area contributed by atoms with Crippen molar-refractivity contribution in [3.8, 4) is 11.4 Å². The average Bonchev–Trinajstić information content (AvgIpc) is 3.30. The molecular formula is C19H14N4. The lowest BCUT2D eigenvalue weighted by Gasteiger charge is -2.07. The van der Waals surface area contributed by atoms with E-state index in [4.69, 9.17) is 4.98 Å². The third-order valence-corrected chi connectivity index (χ3v) is 4.16. The van der Waals surface area contributed by atoms with Gasteiger partial charge >= 0.3 is 0 Å². The van der Waals surface area contributed by atoms with Crippen molar-refractivity contribution in [2.75, 3.05) is 0 Å². The van der Waals surface area contributed by atoms with Gasteiger partial charge in [0.2, 0.25) is 0 Å². The molecule has 0 N–H and O–H groups in total. The Bertz CT molecular complexity index is 1160. The molecule has 0 saturated heterocycles. The van der Waals surface area contributed by atoms with Gasteiger partial charge in [-0.05, 0) is 36.4 Å². The molecule has 0 aliphatic rings. The van der Waals surface area contributed by atoms with E-state index in [1.165, 1.54) is 0 Å². The van der Waals surface area contributed by atoms with Gasteiger partial charge in [0.15, 0.2) is 0 Å². The Morgan fingerprint density at radius 1 is 0.565 bits per heavy atom. The van der Waals surface area contributed by atoms with E-state index in [9.17, 15) is 0 Å². The Morgan fingerprint density at radius 3 is 2.04 bits per heavy atom. The van der Waals surface area contributed by atoms with Crippen LogP contribution >= 0.6 is 0 Å². The number of hydrogen-bond acceptors (Lipinski definition) is 1. The molecule has 0 amide bonds. The normalized spacial score (nSPS) is 11.5. The topological polar surface area (TPSA) is 26.1 Å². The Kier molecular flexibility index (Phi) is 2.46. The Labute approximate surface area is 132 Å². The molecule has 0 radical (unpaired) electrons. The van der Waals surface area contributed by atoms with Crippen LogP contribution in [0.15, 0.2) is 85.3 Å². The summed E-state index contributed by atoms with van der Waals surface area (Å²) < 4.78 is 6.43. The standard InChI is InChI=1S/C19H14N4/c1-2-7-15(8-3-1)19-20-16-9-4-12-21(16)17-10-5-13-22(17)18-11-6-14-23(18)19/h1-14H. The first-order valence-corrected chi connectivity index (χ1v) is 7.59. The summed E-state index contributed by atoms with van der Waals surface area (Å²) in [4.78, 5) is 4.95. The fourth-order valence-corrected chi connectivity index (χ4v) is 3.12. The van der Waals surface area contributed by atoms with E-state index < -0.39 is 0 Å². The van der Waals surface area contributed by atoms with Crippen LogP contribution in [0.25, 0.3) is 28.3 Å². The van der Waals surface area contributed by atoms with Crippen molar-refractivity contribution in [1.82, 2.24) is 18.2 Å². The van der Waals surface area contributed by atoms with E-state index in [2.05, 4.69) is 62.0 Å². The third-order valence-electron chi connectivity index (χ3n) is 4.16. The van der Waals surface area contributed by atoms with Crippen LogP contribution in [-0.4, -0.2) is 18.2 Å². The van der Waals surface area contributed by atoms with Gasteiger partial charge in [-0.25, -0.2) is 4.98 Å². The first-order chi connectivity index (χ1) is 11.4. The fraction of sp³-hybridized carbons (Fsp3) is 0. The second-order valence-electron chi connectivity index (χ2n) is 5.51. The van der Waals surface area contributed by atoms with Crippen LogP contribution in [0.3, 0.4) is 0 Å². The van der Waals surface area contributed by atoms with E-state index >= 15 is 0 Å². The molecule has 5 rings (SSSR count). The van der Waals surface area contributed by atoms with Gasteiger partial charge in [0.05, 0.1) is 0 Å². The monoisotopic (exact) mass is 298 g/mol. The van der Waals surface area contributed by atoms with Crippen molar-refractivity contribution in [3.05, 3.63) is 85.3 Å². The maximum atomic E-state index is 4.95. The summed E-state index contributed by atoms with van der Waals surface area (Å²) in [5.41, 5.74) is 4.17. The predicted molar refractivity (Wildman–Crippen MR) is 91.4 cm³/mol. The number of aromatic nitrogens is 4. The van der Waals surface area contributed by atoms with Gasteiger partial charge in [-0.2, -0.15) is 0 Å². The SMILES string of the molecule is c1ccc(-c2nc3cccn3c3cccn3c3cccn23)cc1. The van der Waals surface area contributed by atoms with Gasteiger partial charge in [0.1, 0.15) is 22.8 Å². The predicted octanol–water partition coefficient (Wildman–Crippen LogP) is 4.07. The first-order valence-electron chi connectivity index (χ1n) is 7.59. The number of fused-ring (bicyclic) bond motifs is 5. The molecule has 110 valence electrons. The quantitative estimate of drug-likeness (QED) is 0.458. The molecule has 4 heteroatoms. The maximum Gasteiger partial charge on any atom is 0.148 e. The number of hydrogen-bond donors (Lipinski definition) is 0. The van der Waals surface area contributed by atoms with Crippen molar-refractivity contribution in [2.24, 2.45) is 0 Å². The molecule has 0 aliphatic carbocycles. The molecule has 4 aromatic heterocycles. The summed E-state index contributed by atoms with van der Waals surface area (Å²) in [5.74, 6) is 0.921. The van der Waals surface area contributed by atoms with Gasteiger partial charge in [-0.3, -0.25) is 13.2 Å². The highest BCUT2D eigenvalue weighted by atomic mass is 15.1. The minimum absolute atomic E-state index is 0.920. The van der Waals surface area contributed by atoms with Crippen molar-refractivity contribution < 1.29 is 0 Å². The van der Waals surface area contributed by atoms with Gasteiger partial charge < -0.3 is 0 Å². The third kappa shape index (κ3) is 1.75. The molecule has 0 bridgehead atoms. The van der Waals surface area contributed by atoms with Crippen molar-refractivity contribution >= 4 is 16.9 Å². The van der Waals surface area contributed by atoms with E-state index in [0.29, 0.717) is 0 Å². The second-order valence-corrected chi connectivity index (χ2v) is 5.51. The molecule has 5 aromatic rings. The number of benzene rings is 1. The first kappa shape index (κ1) is 12.3. The van der Waals surface area contributed by atoms with Gasteiger partial charge in [0, 0.05) is 24.2 Å². The van der Waals surface area contributed by atoms with E-state index in [1.807, 2.05) is 36.5 Å². The minimum atomic E-state index is 0.920. The number of rotatable bonds is 1. The molecule has 1 aromatic carbocycles. The molecule has 0 saturated carbocycles. The highest BCUT2D eigenvalue weighted by molar-refractivity contribution is 5.64. The van der Waals surface area contributed by atoms with Crippen LogP contribution in [0.1, 0.15) is 0 Å². The minimum Gasteiger partial charge on any atom is -0.288 e.